The molecule has 0 aliphatic carbocycles. The molecule has 144 valence electrons. The number of carbonyl (C=O) groups excluding carboxylic acids is 3. The molecule has 3 heterocycles. The number of anilines is 2. The summed E-state index contributed by atoms with van der Waals surface area (Å²) < 4.78 is 0.987. The number of nitrogens with one attached hydrogen (secondary N) is 3. The number of carbonyl (C=O) groups is 3. The smallest absolute Gasteiger partial charge is 0.321 e. The van der Waals surface area contributed by atoms with E-state index in [4.69, 9.17) is 0 Å². The van der Waals surface area contributed by atoms with Crippen LogP contribution in [-0.2, 0) is 4.79 Å². The predicted octanol–water partition coefficient (Wildman–Crippen LogP) is 2.95. The third-order valence-electron chi connectivity index (χ3n) is 4.20. The summed E-state index contributed by atoms with van der Waals surface area (Å²) in [7, 11) is 3.87. The van der Waals surface area contributed by atoms with E-state index in [9.17, 15) is 14.4 Å². The Hall–Kier alpha value is -2.98. The van der Waals surface area contributed by atoms with Crippen LogP contribution in [-0.4, -0.2) is 36.9 Å². The first-order valence-corrected chi connectivity index (χ1v) is 10.1. The van der Waals surface area contributed by atoms with E-state index in [0.717, 1.165) is 20.2 Å². The number of thiazole rings is 1. The number of hydrogen-bond acceptors (Lipinski definition) is 7. The molecule has 2 aromatic heterocycles. The average Bonchev–Trinajstić information content (AvgIpc) is 3.20. The molecule has 1 fully saturated rings. The Morgan fingerprint density at radius 3 is 2.61 bits per heavy atom. The van der Waals surface area contributed by atoms with E-state index in [-0.39, 0.29) is 24.3 Å². The number of nitrogens with zero attached hydrogens (tertiary/aromatic N) is 2. The van der Waals surface area contributed by atoms with E-state index in [0.29, 0.717) is 10.6 Å². The maximum Gasteiger partial charge on any atom is 0.321 e. The van der Waals surface area contributed by atoms with E-state index in [2.05, 4.69) is 20.9 Å². The van der Waals surface area contributed by atoms with Crippen LogP contribution in [0, 0.1) is 0 Å². The molecule has 1 unspecified atom stereocenters. The minimum atomic E-state index is -0.498. The van der Waals surface area contributed by atoms with Gasteiger partial charge in [-0.15, -0.1) is 11.3 Å². The Balaban J connectivity index is 1.45. The Morgan fingerprint density at radius 2 is 1.96 bits per heavy atom. The predicted molar refractivity (Wildman–Crippen MR) is 110 cm³/mol. The fraction of sp³-hybridized carbons (Fsp3) is 0.222. The van der Waals surface area contributed by atoms with E-state index in [1.165, 1.54) is 11.3 Å². The number of urea groups is 1. The molecule has 0 saturated carbocycles. The van der Waals surface area contributed by atoms with Crippen LogP contribution in [0.25, 0.3) is 9.53 Å². The molecule has 4 amide bonds. The van der Waals surface area contributed by atoms with Gasteiger partial charge in [0, 0.05) is 19.8 Å². The average molecular weight is 416 g/mol. The van der Waals surface area contributed by atoms with E-state index >= 15 is 0 Å². The van der Waals surface area contributed by atoms with Crippen LogP contribution in [0.3, 0.4) is 0 Å². The van der Waals surface area contributed by atoms with Gasteiger partial charge in [-0.3, -0.25) is 14.9 Å². The molecule has 1 aliphatic heterocycles. The summed E-state index contributed by atoms with van der Waals surface area (Å²) in [6.45, 7) is 0. The molecule has 0 spiro atoms. The molecule has 0 bridgehead atoms. The number of hydrogen-bond donors (Lipinski definition) is 3. The molecular weight excluding hydrogens is 398 g/mol. The maximum absolute atomic E-state index is 12.5. The number of fused-ring (bicyclic) bond motifs is 1. The summed E-state index contributed by atoms with van der Waals surface area (Å²) in [6.07, 6.45) is 0.186. The van der Waals surface area contributed by atoms with Gasteiger partial charge in [0.15, 0.2) is 5.13 Å². The fourth-order valence-corrected chi connectivity index (χ4v) is 4.86. The zero-order valence-electron chi connectivity index (χ0n) is 15.1. The van der Waals surface area contributed by atoms with Gasteiger partial charge in [-0.05, 0) is 23.8 Å². The zero-order valence-corrected chi connectivity index (χ0v) is 16.7. The van der Waals surface area contributed by atoms with Gasteiger partial charge in [0.2, 0.25) is 5.91 Å². The van der Waals surface area contributed by atoms with Crippen LogP contribution in [0.1, 0.15) is 27.7 Å². The molecule has 1 aromatic carbocycles. The van der Waals surface area contributed by atoms with Crippen LogP contribution in [0.15, 0.2) is 30.3 Å². The molecule has 8 nitrogen and oxygen atoms in total. The summed E-state index contributed by atoms with van der Waals surface area (Å²) in [5, 5.41) is 8.68. The minimum absolute atomic E-state index is 0.186. The Morgan fingerprint density at radius 1 is 1.21 bits per heavy atom. The second-order valence-corrected chi connectivity index (χ2v) is 8.57. The topological polar surface area (TPSA) is 103 Å². The highest BCUT2D eigenvalue weighted by Crippen LogP contribution is 2.34. The van der Waals surface area contributed by atoms with Crippen LogP contribution >= 0.6 is 22.7 Å². The molecule has 1 aliphatic rings. The van der Waals surface area contributed by atoms with E-state index in [1.54, 1.807) is 35.6 Å². The minimum Gasteiger partial charge on any atom is -0.354 e. The summed E-state index contributed by atoms with van der Waals surface area (Å²) in [4.78, 5) is 43.4. The lowest BCUT2D eigenvalue weighted by Crippen LogP contribution is -2.48. The van der Waals surface area contributed by atoms with E-state index < -0.39 is 6.03 Å². The number of thiophene rings is 1. The standard InChI is InChI=1S/C18H17N5O3S2/c1-23(2)18-22-16-13(28-18)8-12(27-16)15(25)19-10-5-3-9(4-6-10)11-7-14(24)21-17(26)20-11/h3-6,8,11H,7H2,1-2H3,(H,19,25)(H2,20,21,24,26). The van der Waals surface area contributed by atoms with Gasteiger partial charge >= 0.3 is 6.03 Å². The molecule has 3 aromatic rings. The lowest BCUT2D eigenvalue weighted by Gasteiger charge is -2.23. The molecule has 0 radical (unpaired) electrons. The van der Waals surface area contributed by atoms with Crippen molar-refractivity contribution in [1.29, 1.82) is 0 Å². The molecule has 10 heteroatoms. The van der Waals surface area contributed by atoms with Gasteiger partial charge in [-0.1, -0.05) is 23.5 Å². The second kappa shape index (κ2) is 7.21. The van der Waals surface area contributed by atoms with Crippen LogP contribution in [0.4, 0.5) is 15.6 Å². The lowest BCUT2D eigenvalue weighted by molar-refractivity contribution is -0.121. The molecule has 1 saturated heterocycles. The maximum atomic E-state index is 12.5. The van der Waals surface area contributed by atoms with Crippen LogP contribution < -0.4 is 20.9 Å². The Bertz CT molecular complexity index is 1020. The van der Waals surface area contributed by atoms with Gasteiger partial charge in [-0.2, -0.15) is 0 Å². The van der Waals surface area contributed by atoms with E-state index in [1.807, 2.05) is 25.1 Å². The number of amides is 4. The number of aromatic nitrogens is 1. The fourth-order valence-electron chi connectivity index (χ4n) is 2.83. The molecule has 1 atom stereocenters. The van der Waals surface area contributed by atoms with Crippen molar-refractivity contribution in [2.45, 2.75) is 12.5 Å². The quantitative estimate of drug-likeness (QED) is 0.608. The highest BCUT2D eigenvalue weighted by molar-refractivity contribution is 7.29. The largest absolute Gasteiger partial charge is 0.354 e. The van der Waals surface area contributed by atoms with Crippen LogP contribution in [0.5, 0.6) is 0 Å². The lowest BCUT2D eigenvalue weighted by atomic mass is 10.0. The highest BCUT2D eigenvalue weighted by atomic mass is 32.1. The van der Waals surface area contributed by atoms with Crippen LogP contribution in [0.2, 0.25) is 0 Å². The van der Waals surface area contributed by atoms with Gasteiger partial charge in [0.05, 0.1) is 22.0 Å². The summed E-state index contributed by atoms with van der Waals surface area (Å²) >= 11 is 2.90. The molecule has 28 heavy (non-hydrogen) atoms. The van der Waals surface area contributed by atoms with Crippen molar-refractivity contribution < 1.29 is 14.4 Å². The van der Waals surface area contributed by atoms with Gasteiger partial charge < -0.3 is 15.5 Å². The third-order valence-corrected chi connectivity index (χ3v) is 6.53. The Labute approximate surface area is 168 Å². The van der Waals surface area contributed by atoms with Crippen molar-refractivity contribution in [3.05, 3.63) is 40.8 Å². The van der Waals surface area contributed by atoms with Crippen molar-refractivity contribution in [3.8, 4) is 0 Å². The van der Waals surface area contributed by atoms with Gasteiger partial charge in [-0.25, -0.2) is 9.78 Å². The van der Waals surface area contributed by atoms with Crippen molar-refractivity contribution in [3.63, 3.8) is 0 Å². The summed E-state index contributed by atoms with van der Waals surface area (Å²) in [5.41, 5.74) is 1.44. The normalized spacial score (nSPS) is 16.6. The number of benzene rings is 1. The summed E-state index contributed by atoms with van der Waals surface area (Å²) in [6, 6.07) is 8.07. The SMILES string of the molecule is CN(C)c1nc2sc(C(=O)Nc3ccc(C4CC(=O)NC(=O)N4)cc3)cc2s1. The molecule has 4 rings (SSSR count). The van der Waals surface area contributed by atoms with Gasteiger partial charge in [0.25, 0.3) is 5.91 Å². The first-order valence-electron chi connectivity index (χ1n) is 8.48. The first kappa shape index (κ1) is 18.4. The van der Waals surface area contributed by atoms with Crippen molar-refractivity contribution in [1.82, 2.24) is 15.6 Å². The van der Waals surface area contributed by atoms with Crippen molar-refractivity contribution in [2.75, 3.05) is 24.3 Å². The first-order chi connectivity index (χ1) is 13.4. The van der Waals surface area contributed by atoms with Gasteiger partial charge in [0.1, 0.15) is 4.83 Å². The highest BCUT2D eigenvalue weighted by Gasteiger charge is 2.25. The number of imide groups is 1. The summed E-state index contributed by atoms with van der Waals surface area (Å²) in [5.74, 6) is -0.505. The van der Waals surface area contributed by atoms with Crippen molar-refractivity contribution in [2.24, 2.45) is 0 Å². The van der Waals surface area contributed by atoms with Crippen molar-refractivity contribution >= 4 is 60.9 Å². The monoisotopic (exact) mass is 415 g/mol. The zero-order chi connectivity index (χ0) is 19.8. The molecule has 3 N–H and O–H groups in total. The molecular formula is C18H17N5O3S2. The number of rotatable bonds is 4. The second-order valence-electron chi connectivity index (χ2n) is 6.53. The third kappa shape index (κ3) is 3.69. The Kier molecular flexibility index (Phi) is 4.73.